The Morgan fingerprint density at radius 1 is 1.41 bits per heavy atom. The van der Waals surface area contributed by atoms with Gasteiger partial charge in [-0.25, -0.2) is 0 Å². The van der Waals surface area contributed by atoms with Crippen LogP contribution in [0.25, 0.3) is 21.8 Å². The predicted molar refractivity (Wildman–Crippen MR) is 114 cm³/mol. The summed E-state index contributed by atoms with van der Waals surface area (Å²) >= 11 is 14.0. The zero-order chi connectivity index (χ0) is 20.4. The Balaban J connectivity index is 1.87. The van der Waals surface area contributed by atoms with Crippen molar-refractivity contribution in [2.45, 2.75) is 12.5 Å². The number of nitriles is 1. The highest BCUT2D eigenvalue weighted by atomic mass is 35.5. The molecule has 0 radical (unpaired) electrons. The molecule has 3 aromatic rings. The number of hydrogen-bond donors (Lipinski definition) is 2. The molecule has 29 heavy (non-hydrogen) atoms. The Morgan fingerprint density at radius 2 is 2.28 bits per heavy atom. The number of H-pyrrole nitrogens is 1. The number of thiophene rings is 1. The van der Waals surface area contributed by atoms with Crippen LogP contribution >= 0.6 is 34.5 Å². The number of aromatic amines is 1. The molecule has 10 heteroatoms. The van der Waals surface area contributed by atoms with Crippen LogP contribution in [0.2, 0.25) is 10.0 Å². The maximum atomic E-state index is 10.1. The van der Waals surface area contributed by atoms with E-state index in [2.05, 4.69) is 26.2 Å². The highest BCUT2D eigenvalue weighted by molar-refractivity contribution is 7.20. The molecule has 1 fully saturated rings. The number of nitrogens with one attached hydrogen (secondary N) is 1. The van der Waals surface area contributed by atoms with Crippen LogP contribution in [0.3, 0.4) is 0 Å². The summed E-state index contributed by atoms with van der Waals surface area (Å²) in [6, 6.07) is 7.57. The normalized spacial score (nSPS) is 16.8. The Labute approximate surface area is 181 Å². The van der Waals surface area contributed by atoms with Gasteiger partial charge in [0.25, 0.3) is 0 Å². The van der Waals surface area contributed by atoms with E-state index in [1.54, 1.807) is 12.1 Å². The number of halogens is 2. The van der Waals surface area contributed by atoms with E-state index < -0.39 is 0 Å². The molecule has 1 aliphatic rings. The van der Waals surface area contributed by atoms with Gasteiger partial charge in [0.1, 0.15) is 17.4 Å². The van der Waals surface area contributed by atoms with Crippen molar-refractivity contribution < 1.29 is 9.84 Å². The van der Waals surface area contributed by atoms with E-state index >= 15 is 0 Å². The Bertz CT molecular complexity index is 1050. The van der Waals surface area contributed by atoms with Gasteiger partial charge in [-0.15, -0.1) is 21.5 Å². The molecule has 1 saturated heterocycles. The lowest BCUT2D eigenvalue weighted by Crippen LogP contribution is -2.42. The Kier molecular flexibility index (Phi) is 6.04. The number of ether oxygens (including phenoxy) is 1. The fraction of sp³-hybridized carbons (Fsp3) is 0.316. The summed E-state index contributed by atoms with van der Waals surface area (Å²) in [6.45, 7) is 1.84. The SMILES string of the molecule is N#Cc1c(N2CCOC(CCO)C2)sc(-c2nnc[nH]2)c1-c1ccc(Cl)cc1Cl. The summed E-state index contributed by atoms with van der Waals surface area (Å²) in [7, 11) is 0. The van der Waals surface area contributed by atoms with Crippen molar-refractivity contribution in [3.8, 4) is 27.9 Å². The third-order valence-electron chi connectivity index (χ3n) is 4.71. The van der Waals surface area contributed by atoms with Gasteiger partial charge in [-0.3, -0.25) is 0 Å². The number of morpholine rings is 1. The van der Waals surface area contributed by atoms with E-state index in [-0.39, 0.29) is 12.7 Å². The van der Waals surface area contributed by atoms with Gasteiger partial charge in [0, 0.05) is 40.9 Å². The van der Waals surface area contributed by atoms with Crippen LogP contribution in [0.1, 0.15) is 12.0 Å². The molecule has 0 bridgehead atoms. The van der Waals surface area contributed by atoms with Gasteiger partial charge in [-0.1, -0.05) is 29.3 Å². The minimum atomic E-state index is -0.0845. The standard InChI is InChI=1S/C19H17Cl2N5O2S/c20-11-1-2-13(15(21)7-11)16-14(8-22)19(29-17(16)18-23-10-24-25-18)26-4-6-28-12(9-26)3-5-27/h1-2,7,10,12,27H,3-6,9H2,(H,23,24,25). The van der Waals surface area contributed by atoms with Crippen LogP contribution in [0.15, 0.2) is 24.5 Å². The molecule has 1 unspecified atom stereocenters. The maximum Gasteiger partial charge on any atom is 0.171 e. The second-order valence-electron chi connectivity index (χ2n) is 6.51. The second-order valence-corrected chi connectivity index (χ2v) is 8.35. The van der Waals surface area contributed by atoms with Crippen LogP contribution in [-0.2, 0) is 4.74 Å². The van der Waals surface area contributed by atoms with Crippen molar-refractivity contribution in [2.75, 3.05) is 31.2 Å². The van der Waals surface area contributed by atoms with Gasteiger partial charge in [0.05, 0.1) is 23.2 Å². The van der Waals surface area contributed by atoms with Crippen molar-refractivity contribution in [2.24, 2.45) is 0 Å². The zero-order valence-electron chi connectivity index (χ0n) is 15.2. The molecule has 1 aromatic carbocycles. The molecule has 0 saturated carbocycles. The largest absolute Gasteiger partial charge is 0.396 e. The van der Waals surface area contributed by atoms with Crippen LogP contribution in [0.4, 0.5) is 5.00 Å². The third kappa shape index (κ3) is 3.97. The van der Waals surface area contributed by atoms with Crippen LogP contribution in [0.5, 0.6) is 0 Å². The van der Waals surface area contributed by atoms with Gasteiger partial charge in [0.2, 0.25) is 0 Å². The molecule has 2 aromatic heterocycles. The van der Waals surface area contributed by atoms with E-state index in [1.807, 2.05) is 6.07 Å². The van der Waals surface area contributed by atoms with Gasteiger partial charge in [-0.2, -0.15) is 5.26 Å². The average Bonchev–Trinajstić information content (AvgIpc) is 3.36. The number of aliphatic hydroxyl groups is 1. The minimum Gasteiger partial charge on any atom is -0.396 e. The van der Waals surface area contributed by atoms with Gasteiger partial charge >= 0.3 is 0 Å². The lowest BCUT2D eigenvalue weighted by atomic mass is 10.0. The molecular formula is C19H17Cl2N5O2S. The highest BCUT2D eigenvalue weighted by Crippen LogP contribution is 2.48. The lowest BCUT2D eigenvalue weighted by Gasteiger charge is -2.33. The van der Waals surface area contributed by atoms with Crippen molar-refractivity contribution in [3.05, 3.63) is 40.1 Å². The summed E-state index contributed by atoms with van der Waals surface area (Å²) in [4.78, 5) is 5.93. The Hall–Kier alpha value is -2.15. The first-order chi connectivity index (χ1) is 14.1. The fourth-order valence-electron chi connectivity index (χ4n) is 3.40. The number of aromatic nitrogens is 3. The molecule has 2 N–H and O–H groups in total. The summed E-state index contributed by atoms with van der Waals surface area (Å²) < 4.78 is 5.73. The van der Waals surface area contributed by atoms with E-state index in [0.29, 0.717) is 58.7 Å². The average molecular weight is 450 g/mol. The quantitative estimate of drug-likeness (QED) is 0.611. The predicted octanol–water partition coefficient (Wildman–Crippen LogP) is 3.97. The van der Waals surface area contributed by atoms with Gasteiger partial charge in [0.15, 0.2) is 5.82 Å². The maximum absolute atomic E-state index is 10.1. The summed E-state index contributed by atoms with van der Waals surface area (Å²) in [6.07, 6.45) is 1.97. The second kappa shape index (κ2) is 8.69. The topological polar surface area (TPSA) is 98.1 Å². The molecule has 150 valence electrons. The molecule has 0 amide bonds. The highest BCUT2D eigenvalue weighted by Gasteiger charge is 2.29. The van der Waals surface area contributed by atoms with Crippen molar-refractivity contribution in [1.82, 2.24) is 15.2 Å². The van der Waals surface area contributed by atoms with Crippen LogP contribution in [0, 0.1) is 11.3 Å². The summed E-state index contributed by atoms with van der Waals surface area (Å²) in [5, 5.41) is 29.2. The van der Waals surface area contributed by atoms with Crippen LogP contribution < -0.4 is 4.90 Å². The first-order valence-corrected chi connectivity index (χ1v) is 10.6. The van der Waals surface area contributed by atoms with E-state index in [4.69, 9.17) is 27.9 Å². The van der Waals surface area contributed by atoms with E-state index in [9.17, 15) is 10.4 Å². The van der Waals surface area contributed by atoms with Gasteiger partial charge in [-0.05, 0) is 18.6 Å². The number of rotatable bonds is 5. The number of aliphatic hydroxyl groups excluding tert-OH is 1. The van der Waals surface area contributed by atoms with E-state index in [0.717, 1.165) is 9.88 Å². The number of hydrogen-bond acceptors (Lipinski definition) is 7. The molecule has 0 spiro atoms. The zero-order valence-corrected chi connectivity index (χ0v) is 17.6. The monoisotopic (exact) mass is 449 g/mol. The molecule has 1 aliphatic heterocycles. The molecule has 7 nitrogen and oxygen atoms in total. The molecule has 1 atom stereocenters. The van der Waals surface area contributed by atoms with Crippen molar-refractivity contribution >= 4 is 39.5 Å². The molecule has 0 aliphatic carbocycles. The van der Waals surface area contributed by atoms with Crippen LogP contribution in [-0.4, -0.2) is 52.7 Å². The lowest BCUT2D eigenvalue weighted by molar-refractivity contribution is 0.0249. The van der Waals surface area contributed by atoms with Crippen molar-refractivity contribution in [1.29, 1.82) is 5.26 Å². The minimum absolute atomic E-state index is 0.0585. The van der Waals surface area contributed by atoms with E-state index in [1.165, 1.54) is 17.7 Å². The smallest absolute Gasteiger partial charge is 0.171 e. The first-order valence-electron chi connectivity index (χ1n) is 8.98. The third-order valence-corrected chi connectivity index (χ3v) is 6.52. The Morgan fingerprint density at radius 3 is 2.97 bits per heavy atom. The fourth-order valence-corrected chi connectivity index (χ4v) is 5.15. The number of anilines is 1. The molecular weight excluding hydrogens is 433 g/mol. The molecule has 4 rings (SSSR count). The summed E-state index contributed by atoms with van der Waals surface area (Å²) in [5.41, 5.74) is 1.94. The number of benzene rings is 1. The van der Waals surface area contributed by atoms with Gasteiger partial charge < -0.3 is 19.7 Å². The first kappa shape index (κ1) is 20.1. The summed E-state index contributed by atoms with van der Waals surface area (Å²) in [5.74, 6) is 0.568. The van der Waals surface area contributed by atoms with Crippen molar-refractivity contribution in [3.63, 3.8) is 0 Å². The number of nitrogens with zero attached hydrogens (tertiary/aromatic N) is 4. The molecule has 3 heterocycles.